The van der Waals surface area contributed by atoms with Crippen molar-refractivity contribution >= 4 is 23.1 Å². The molecule has 1 aromatic heterocycles. The van der Waals surface area contributed by atoms with Crippen LogP contribution >= 0.6 is 0 Å². The molecule has 2 unspecified atom stereocenters. The highest BCUT2D eigenvalue weighted by molar-refractivity contribution is 5.95. The van der Waals surface area contributed by atoms with Gasteiger partial charge in [-0.25, -0.2) is 0 Å². The van der Waals surface area contributed by atoms with Gasteiger partial charge in [-0.1, -0.05) is 128 Å². The first kappa shape index (κ1) is 32.7. The van der Waals surface area contributed by atoms with Crippen LogP contribution in [-0.4, -0.2) is 4.57 Å². The molecular weight excluding hydrogens is 458 g/mol. The van der Waals surface area contributed by atoms with Crippen molar-refractivity contribution in [3.05, 3.63) is 114 Å². The van der Waals surface area contributed by atoms with Crippen LogP contribution in [0.5, 0.6) is 0 Å². The Morgan fingerprint density at radius 2 is 1.37 bits per heavy atom. The lowest BCUT2D eigenvalue weighted by molar-refractivity contribution is 0.298. The fourth-order valence-electron chi connectivity index (χ4n) is 5.43. The fourth-order valence-corrected chi connectivity index (χ4v) is 5.43. The van der Waals surface area contributed by atoms with Crippen LogP contribution in [-0.2, 0) is 0 Å². The van der Waals surface area contributed by atoms with Gasteiger partial charge in [0.1, 0.15) is 0 Å². The summed E-state index contributed by atoms with van der Waals surface area (Å²) >= 11 is 0. The lowest BCUT2D eigenvalue weighted by Gasteiger charge is -2.26. The fraction of sp³-hybridized carbons (Fsp3) is 0.351. The van der Waals surface area contributed by atoms with Gasteiger partial charge in [-0.15, -0.1) is 0 Å². The highest BCUT2D eigenvalue weighted by atomic mass is 15.0. The summed E-state index contributed by atoms with van der Waals surface area (Å²) in [7, 11) is 0. The summed E-state index contributed by atoms with van der Waals surface area (Å²) in [5.74, 6) is 1.28. The largest absolute Gasteiger partial charge is 0.309 e. The van der Waals surface area contributed by atoms with E-state index in [1.807, 2.05) is 58.0 Å². The number of fused-ring (bicyclic) bond motifs is 1. The first-order valence-corrected chi connectivity index (χ1v) is 14.3. The molecule has 1 nitrogen and oxygen atoms in total. The van der Waals surface area contributed by atoms with Gasteiger partial charge in [-0.05, 0) is 67.5 Å². The Kier molecular flexibility index (Phi) is 13.6. The van der Waals surface area contributed by atoms with Crippen molar-refractivity contribution in [1.29, 1.82) is 0 Å². The van der Waals surface area contributed by atoms with E-state index in [4.69, 9.17) is 0 Å². The maximum Gasteiger partial charge on any atom is 0.0541 e. The molecule has 2 atom stereocenters. The average Bonchev–Trinajstić information content (AvgIpc) is 3.39. The summed E-state index contributed by atoms with van der Waals surface area (Å²) in [6.07, 6.45) is 12.9. The normalized spacial score (nSPS) is 19.7. The Bertz CT molecular complexity index is 1240. The maximum absolute atomic E-state index is 3.95. The Balaban J connectivity index is 0.000000344. The number of rotatable bonds is 4. The highest BCUT2D eigenvalue weighted by Gasteiger charge is 2.44. The van der Waals surface area contributed by atoms with Crippen molar-refractivity contribution in [3.8, 4) is 5.69 Å². The summed E-state index contributed by atoms with van der Waals surface area (Å²) < 4.78 is 2.22. The molecular formula is C37H51N. The third-order valence-electron chi connectivity index (χ3n) is 7.40. The zero-order valence-electron chi connectivity index (χ0n) is 25.7. The molecule has 0 saturated heterocycles. The number of para-hydroxylation sites is 2. The lowest BCUT2D eigenvalue weighted by Crippen LogP contribution is -2.19. The van der Waals surface area contributed by atoms with E-state index in [2.05, 4.69) is 120 Å². The van der Waals surface area contributed by atoms with E-state index >= 15 is 0 Å². The Hall–Kier alpha value is -3.32. The SMILES string of the molecule is C/C=C\C1C(=C/C)/C(=C\C)C(C)(C)C1C.C=Cc1c(C=C)n(-c2ccccc2)c2ccccc12.CC.CC. The molecule has 38 heavy (non-hydrogen) atoms. The third-order valence-corrected chi connectivity index (χ3v) is 7.40. The molecule has 3 aromatic rings. The minimum atomic E-state index is 0.306. The molecule has 1 heteroatoms. The third kappa shape index (κ3) is 6.57. The first-order valence-electron chi connectivity index (χ1n) is 14.3. The van der Waals surface area contributed by atoms with Gasteiger partial charge in [0.25, 0.3) is 0 Å². The highest BCUT2D eigenvalue weighted by Crippen LogP contribution is 2.53. The monoisotopic (exact) mass is 509 g/mol. The second kappa shape index (κ2) is 15.8. The predicted molar refractivity (Wildman–Crippen MR) is 175 cm³/mol. The van der Waals surface area contributed by atoms with Crippen molar-refractivity contribution in [2.75, 3.05) is 0 Å². The van der Waals surface area contributed by atoms with Crippen molar-refractivity contribution < 1.29 is 0 Å². The zero-order chi connectivity index (χ0) is 28.9. The van der Waals surface area contributed by atoms with Crippen molar-refractivity contribution in [2.45, 2.75) is 69.2 Å². The van der Waals surface area contributed by atoms with Gasteiger partial charge in [-0.3, -0.25) is 0 Å². The molecule has 1 aliphatic rings. The van der Waals surface area contributed by atoms with Gasteiger partial charge in [0, 0.05) is 22.6 Å². The topological polar surface area (TPSA) is 4.93 Å². The zero-order valence-corrected chi connectivity index (χ0v) is 25.7. The molecule has 4 rings (SSSR count). The summed E-state index contributed by atoms with van der Waals surface area (Å²) in [6.45, 7) is 29.4. The van der Waals surface area contributed by atoms with Gasteiger partial charge in [0.15, 0.2) is 0 Å². The van der Waals surface area contributed by atoms with Crippen molar-refractivity contribution in [2.24, 2.45) is 17.3 Å². The molecule has 1 aliphatic carbocycles. The standard InChI is InChI=1S/C18H15N.C15H24.2C2H6/c1-3-15-16-12-8-9-13-18(16)19(17(15)4-2)14-10-6-5-7-11-14;1-7-10-13-11(4)15(5,6)14(9-3)12(13)8-2;2*1-2/h3-13H,1-2H2;7-11,13H,1-6H3;2*1-2H3/b;10-7-,12-8-,14-9+;;. The minimum absolute atomic E-state index is 0.306. The van der Waals surface area contributed by atoms with E-state index in [9.17, 15) is 0 Å². The van der Waals surface area contributed by atoms with Gasteiger partial charge in [0.2, 0.25) is 0 Å². The van der Waals surface area contributed by atoms with Gasteiger partial charge < -0.3 is 4.57 Å². The van der Waals surface area contributed by atoms with Crippen LogP contribution in [0.25, 0.3) is 28.7 Å². The number of allylic oxidation sites excluding steroid dienone is 6. The molecule has 0 N–H and O–H groups in total. The maximum atomic E-state index is 3.95. The predicted octanol–water partition coefficient (Wildman–Crippen LogP) is 11.7. The van der Waals surface area contributed by atoms with Crippen molar-refractivity contribution in [1.82, 2.24) is 4.57 Å². The van der Waals surface area contributed by atoms with E-state index in [1.165, 1.54) is 22.0 Å². The Labute approximate surface area is 234 Å². The van der Waals surface area contributed by atoms with Gasteiger partial charge >= 0.3 is 0 Å². The van der Waals surface area contributed by atoms with E-state index in [1.54, 1.807) is 0 Å². The van der Waals surface area contributed by atoms with Gasteiger partial charge in [0.05, 0.1) is 11.2 Å². The van der Waals surface area contributed by atoms with Crippen LogP contribution in [0.15, 0.2) is 103 Å². The van der Waals surface area contributed by atoms with Crippen LogP contribution < -0.4 is 0 Å². The molecule has 0 radical (unpaired) electrons. The molecule has 1 heterocycles. The molecule has 0 spiro atoms. The van der Waals surface area contributed by atoms with Crippen LogP contribution in [0.4, 0.5) is 0 Å². The molecule has 204 valence electrons. The summed E-state index contributed by atoms with van der Waals surface area (Å²) in [5, 5.41) is 1.20. The quantitative estimate of drug-likeness (QED) is 0.308. The number of benzene rings is 2. The molecule has 0 bridgehead atoms. The summed E-state index contributed by atoms with van der Waals surface area (Å²) in [4.78, 5) is 0. The molecule has 0 amide bonds. The van der Waals surface area contributed by atoms with E-state index < -0.39 is 0 Å². The second-order valence-corrected chi connectivity index (χ2v) is 9.40. The molecule has 0 aliphatic heterocycles. The number of aromatic nitrogens is 1. The van der Waals surface area contributed by atoms with E-state index in [0.717, 1.165) is 16.9 Å². The lowest BCUT2D eigenvalue weighted by atomic mass is 9.78. The summed E-state index contributed by atoms with van der Waals surface area (Å²) in [5.41, 5.74) is 7.89. The number of hydrogen-bond donors (Lipinski definition) is 0. The second-order valence-electron chi connectivity index (χ2n) is 9.40. The minimum Gasteiger partial charge on any atom is -0.309 e. The van der Waals surface area contributed by atoms with Gasteiger partial charge in [-0.2, -0.15) is 0 Å². The van der Waals surface area contributed by atoms with Crippen LogP contribution in [0.3, 0.4) is 0 Å². The van der Waals surface area contributed by atoms with Crippen LogP contribution in [0, 0.1) is 17.3 Å². The molecule has 2 aromatic carbocycles. The van der Waals surface area contributed by atoms with E-state index in [0.29, 0.717) is 17.3 Å². The Morgan fingerprint density at radius 1 is 0.789 bits per heavy atom. The number of hydrogen-bond acceptors (Lipinski definition) is 0. The average molecular weight is 510 g/mol. The smallest absolute Gasteiger partial charge is 0.0541 e. The van der Waals surface area contributed by atoms with Crippen LogP contribution in [0.1, 0.15) is 80.5 Å². The van der Waals surface area contributed by atoms with Crippen molar-refractivity contribution in [3.63, 3.8) is 0 Å². The van der Waals surface area contributed by atoms with Crippen LogP contribution in [0.2, 0.25) is 0 Å². The first-order chi connectivity index (χ1) is 18.4. The Morgan fingerprint density at radius 3 is 1.87 bits per heavy atom. The number of nitrogens with zero attached hydrogens (tertiary/aromatic N) is 1. The van der Waals surface area contributed by atoms with E-state index in [-0.39, 0.29) is 0 Å². The molecule has 1 saturated carbocycles. The molecule has 1 fully saturated rings. The summed E-state index contributed by atoms with van der Waals surface area (Å²) in [6, 6.07) is 18.7.